The average Bonchev–Trinajstić information content (AvgIpc) is 2.25. The molecule has 0 spiro atoms. The Morgan fingerprint density at radius 3 is 2.45 bits per heavy atom. The zero-order valence-electron chi connectivity index (χ0n) is 11.5. The highest BCUT2D eigenvalue weighted by Gasteiger charge is 2.46. The van der Waals surface area contributed by atoms with Gasteiger partial charge in [0, 0.05) is 0 Å². The Morgan fingerprint density at radius 1 is 1.25 bits per heavy atom. The summed E-state index contributed by atoms with van der Waals surface area (Å²) >= 11 is 0. The monoisotopic (exact) mass is 302 g/mol. The summed E-state index contributed by atoms with van der Waals surface area (Å²) in [7, 11) is -3.24. The van der Waals surface area contributed by atoms with Crippen LogP contribution in [-0.2, 0) is 19.4 Å². The number of amides is 4. The Balaban J connectivity index is 2.28. The molecule has 2 heterocycles. The zero-order chi connectivity index (χ0) is 15.1. The summed E-state index contributed by atoms with van der Waals surface area (Å²) in [5, 5.41) is 2.15. The normalized spacial score (nSPS) is 30.6. The second-order valence-corrected chi connectivity index (χ2v) is 7.86. The third-order valence-electron chi connectivity index (χ3n) is 3.71. The van der Waals surface area contributed by atoms with Crippen LogP contribution in [0.1, 0.15) is 26.7 Å². The van der Waals surface area contributed by atoms with Crippen LogP contribution < -0.4 is 5.32 Å². The van der Waals surface area contributed by atoms with Gasteiger partial charge in [-0.2, -0.15) is 0 Å². The molecule has 0 aromatic rings. The molecule has 7 nitrogen and oxygen atoms in total. The van der Waals surface area contributed by atoms with Crippen molar-refractivity contribution in [3.63, 3.8) is 0 Å². The number of imide groups is 2. The van der Waals surface area contributed by atoms with E-state index in [1.165, 1.54) is 0 Å². The van der Waals surface area contributed by atoms with Gasteiger partial charge in [0.2, 0.25) is 11.8 Å². The third-order valence-corrected chi connectivity index (χ3v) is 5.51. The summed E-state index contributed by atoms with van der Waals surface area (Å²) < 4.78 is 23.3. The first kappa shape index (κ1) is 15.0. The van der Waals surface area contributed by atoms with Crippen LogP contribution in [0.3, 0.4) is 0 Å². The number of nitrogens with one attached hydrogen (secondary N) is 1. The van der Waals surface area contributed by atoms with Gasteiger partial charge >= 0.3 is 6.03 Å². The smallest absolute Gasteiger partial charge is 0.277 e. The minimum absolute atomic E-state index is 0.0830. The Kier molecular flexibility index (Phi) is 3.86. The van der Waals surface area contributed by atoms with Crippen molar-refractivity contribution in [2.24, 2.45) is 11.8 Å². The van der Waals surface area contributed by atoms with Gasteiger partial charge in [0.15, 0.2) is 9.84 Å². The number of carbonyl (C=O) groups is 3. The Labute approximate surface area is 117 Å². The van der Waals surface area contributed by atoms with Gasteiger partial charge in [-0.25, -0.2) is 13.2 Å². The molecule has 112 valence electrons. The number of hydrogen-bond donors (Lipinski definition) is 1. The van der Waals surface area contributed by atoms with Crippen LogP contribution >= 0.6 is 0 Å². The first-order chi connectivity index (χ1) is 9.23. The van der Waals surface area contributed by atoms with Crippen molar-refractivity contribution in [2.75, 3.05) is 11.5 Å². The van der Waals surface area contributed by atoms with Crippen molar-refractivity contribution in [3.05, 3.63) is 0 Å². The molecule has 0 aromatic carbocycles. The third kappa shape index (κ3) is 2.70. The fourth-order valence-corrected chi connectivity index (χ4v) is 4.42. The van der Waals surface area contributed by atoms with E-state index in [0.717, 1.165) is 4.90 Å². The summed E-state index contributed by atoms with van der Waals surface area (Å²) in [6.07, 6.45) is 0.877. The van der Waals surface area contributed by atoms with E-state index in [2.05, 4.69) is 5.32 Å². The lowest BCUT2D eigenvalue weighted by Gasteiger charge is -2.38. The van der Waals surface area contributed by atoms with E-state index in [9.17, 15) is 22.8 Å². The second kappa shape index (κ2) is 5.16. The van der Waals surface area contributed by atoms with Gasteiger partial charge in [-0.15, -0.1) is 0 Å². The number of sulfone groups is 1. The molecule has 0 aromatic heterocycles. The Hall–Kier alpha value is -1.44. The molecule has 2 aliphatic rings. The lowest BCUT2D eigenvalue weighted by atomic mass is 9.91. The number of urea groups is 1. The maximum atomic E-state index is 12.3. The molecule has 0 bridgehead atoms. The Bertz CT molecular complexity index is 554. The molecule has 0 saturated carbocycles. The standard InChI is InChI=1S/C12H18N2O5S/c1-7(2)9-10(15)13-12(17)14(11(9)16)8-4-3-5-20(18,19)6-8/h7-9H,3-6H2,1-2H3,(H,13,15,17). The molecule has 2 fully saturated rings. The van der Waals surface area contributed by atoms with Gasteiger partial charge < -0.3 is 0 Å². The quantitative estimate of drug-likeness (QED) is 0.719. The van der Waals surface area contributed by atoms with Crippen LogP contribution in [0, 0.1) is 11.8 Å². The van der Waals surface area contributed by atoms with Crippen molar-refractivity contribution in [1.82, 2.24) is 10.2 Å². The number of nitrogens with zero attached hydrogens (tertiary/aromatic N) is 1. The highest BCUT2D eigenvalue weighted by atomic mass is 32.2. The molecule has 4 amide bonds. The van der Waals surface area contributed by atoms with Gasteiger partial charge in [0.05, 0.1) is 17.5 Å². The minimum atomic E-state index is -3.24. The van der Waals surface area contributed by atoms with Crippen LogP contribution in [-0.4, -0.2) is 48.7 Å². The number of hydrogen-bond acceptors (Lipinski definition) is 5. The maximum Gasteiger partial charge on any atom is 0.331 e. The molecular formula is C12H18N2O5S. The molecule has 2 saturated heterocycles. The number of barbiturate groups is 1. The van der Waals surface area contributed by atoms with Crippen LogP contribution in [0.2, 0.25) is 0 Å². The van der Waals surface area contributed by atoms with E-state index in [4.69, 9.17) is 0 Å². The highest BCUT2D eigenvalue weighted by Crippen LogP contribution is 2.25. The second-order valence-electron chi connectivity index (χ2n) is 5.63. The molecular weight excluding hydrogens is 284 g/mol. The molecule has 2 unspecified atom stereocenters. The van der Waals surface area contributed by atoms with E-state index in [-0.39, 0.29) is 17.4 Å². The summed E-state index contributed by atoms with van der Waals surface area (Å²) in [5.41, 5.74) is 0. The van der Waals surface area contributed by atoms with Crippen molar-refractivity contribution in [3.8, 4) is 0 Å². The lowest BCUT2D eigenvalue weighted by Crippen LogP contribution is -2.63. The summed E-state index contributed by atoms with van der Waals surface area (Å²) in [4.78, 5) is 36.9. The first-order valence-corrected chi connectivity index (χ1v) is 8.43. The molecule has 0 radical (unpaired) electrons. The highest BCUT2D eigenvalue weighted by molar-refractivity contribution is 7.91. The number of rotatable bonds is 2. The largest absolute Gasteiger partial charge is 0.331 e. The summed E-state index contributed by atoms with van der Waals surface area (Å²) in [6, 6.07) is -1.48. The minimum Gasteiger partial charge on any atom is -0.277 e. The van der Waals surface area contributed by atoms with E-state index in [0.29, 0.717) is 12.8 Å². The fraction of sp³-hybridized carbons (Fsp3) is 0.750. The van der Waals surface area contributed by atoms with Gasteiger partial charge in [0.25, 0.3) is 0 Å². The van der Waals surface area contributed by atoms with Crippen molar-refractivity contribution in [2.45, 2.75) is 32.7 Å². The van der Waals surface area contributed by atoms with Crippen molar-refractivity contribution in [1.29, 1.82) is 0 Å². The topological polar surface area (TPSA) is 101 Å². The molecule has 20 heavy (non-hydrogen) atoms. The first-order valence-electron chi connectivity index (χ1n) is 6.61. The lowest BCUT2D eigenvalue weighted by molar-refractivity contribution is -0.145. The predicted octanol–water partition coefficient (Wildman–Crippen LogP) is -0.0858. The van der Waals surface area contributed by atoms with E-state index < -0.39 is 39.6 Å². The molecule has 1 N–H and O–H groups in total. The van der Waals surface area contributed by atoms with Gasteiger partial charge in [0.1, 0.15) is 5.92 Å². The summed E-state index contributed by atoms with van der Waals surface area (Å²) in [5.74, 6) is -2.51. The average molecular weight is 302 g/mol. The predicted molar refractivity (Wildman–Crippen MR) is 70.4 cm³/mol. The Morgan fingerprint density at radius 2 is 1.90 bits per heavy atom. The molecule has 2 atom stereocenters. The van der Waals surface area contributed by atoms with E-state index in [1.807, 2.05) is 0 Å². The van der Waals surface area contributed by atoms with E-state index >= 15 is 0 Å². The van der Waals surface area contributed by atoms with Crippen LogP contribution in [0.5, 0.6) is 0 Å². The van der Waals surface area contributed by atoms with Crippen LogP contribution in [0.4, 0.5) is 4.79 Å². The zero-order valence-corrected chi connectivity index (χ0v) is 12.3. The van der Waals surface area contributed by atoms with Gasteiger partial charge in [-0.05, 0) is 18.8 Å². The van der Waals surface area contributed by atoms with Gasteiger partial charge in [-0.3, -0.25) is 19.8 Å². The molecule has 2 rings (SSSR count). The number of carbonyl (C=O) groups excluding carboxylic acids is 3. The fourth-order valence-electron chi connectivity index (χ4n) is 2.74. The van der Waals surface area contributed by atoms with Crippen molar-refractivity contribution < 1.29 is 22.8 Å². The molecule has 8 heteroatoms. The van der Waals surface area contributed by atoms with Crippen molar-refractivity contribution >= 4 is 27.7 Å². The summed E-state index contributed by atoms with van der Waals surface area (Å²) in [6.45, 7) is 3.43. The van der Waals surface area contributed by atoms with Crippen LogP contribution in [0.15, 0.2) is 0 Å². The van der Waals surface area contributed by atoms with Gasteiger partial charge in [-0.1, -0.05) is 13.8 Å². The van der Waals surface area contributed by atoms with E-state index in [1.54, 1.807) is 13.8 Å². The molecule has 2 aliphatic heterocycles. The maximum absolute atomic E-state index is 12.3. The SMILES string of the molecule is CC(C)C1C(=O)NC(=O)N(C2CCCS(=O)(=O)C2)C1=O. The van der Waals surface area contributed by atoms with Crippen LogP contribution in [0.25, 0.3) is 0 Å². The molecule has 0 aliphatic carbocycles.